The van der Waals surface area contributed by atoms with Gasteiger partial charge in [-0.05, 0) is 62.0 Å². The summed E-state index contributed by atoms with van der Waals surface area (Å²) < 4.78 is 9.51. The van der Waals surface area contributed by atoms with Gasteiger partial charge < -0.3 is 14.6 Å². The number of benzene rings is 1. The second kappa shape index (κ2) is 9.05. The number of ether oxygens (including phenoxy) is 1. The molecule has 2 aromatic heterocycles. The highest BCUT2D eigenvalue weighted by atomic mass is 35.5. The van der Waals surface area contributed by atoms with Gasteiger partial charge in [-0.3, -0.25) is 4.79 Å². The average molecular weight is 441 g/mol. The van der Waals surface area contributed by atoms with E-state index < -0.39 is 0 Å². The maximum Gasteiger partial charge on any atom is 0.287 e. The molecule has 1 saturated carbocycles. The van der Waals surface area contributed by atoms with Crippen molar-refractivity contribution >= 4 is 28.2 Å². The number of para-hydroxylation sites is 1. The molecule has 0 radical (unpaired) electrons. The first kappa shape index (κ1) is 20.6. The third-order valence-electron chi connectivity index (χ3n) is 6.81. The molecule has 31 heavy (non-hydrogen) atoms. The Bertz CT molecular complexity index is 1090. The van der Waals surface area contributed by atoms with Crippen LogP contribution in [0.15, 0.2) is 47.5 Å². The number of nitrogens with one attached hydrogen (secondary N) is 1. The number of nitrogens with zero attached hydrogens (tertiary/aromatic N) is 3. The second-order valence-corrected chi connectivity index (χ2v) is 9.21. The summed E-state index contributed by atoms with van der Waals surface area (Å²) in [5.74, 6) is 0.451. The Kier molecular flexibility index (Phi) is 6.01. The summed E-state index contributed by atoms with van der Waals surface area (Å²) in [5.41, 5.74) is 1.71. The first-order valence-electron chi connectivity index (χ1n) is 11.3. The Balaban J connectivity index is 1.25. The predicted molar refractivity (Wildman–Crippen MR) is 124 cm³/mol. The normalized spacial score (nSPS) is 24.4. The minimum absolute atomic E-state index is 0.101. The number of fused-ring (bicyclic) bond motifs is 1. The SMILES string of the molecule is O=c1c(Cl)c(NC[C@H]2CCCOC2)cnn1[C@H]1CC[C@H](n2ccc3ccccc32)CC1. The van der Waals surface area contributed by atoms with Gasteiger partial charge in [-0.1, -0.05) is 29.8 Å². The average Bonchev–Trinajstić information content (AvgIpc) is 3.25. The zero-order valence-corrected chi connectivity index (χ0v) is 18.4. The summed E-state index contributed by atoms with van der Waals surface area (Å²) in [7, 11) is 0. The molecule has 0 bridgehead atoms. The molecule has 0 spiro atoms. The molecular formula is C24H29ClN4O2. The summed E-state index contributed by atoms with van der Waals surface area (Å²) in [6.07, 6.45) is 10.0. The summed E-state index contributed by atoms with van der Waals surface area (Å²) in [5, 5.41) is 9.30. The molecule has 2 fully saturated rings. The summed E-state index contributed by atoms with van der Waals surface area (Å²) in [6, 6.07) is 11.2. The van der Waals surface area contributed by atoms with Gasteiger partial charge in [-0.15, -0.1) is 0 Å². The van der Waals surface area contributed by atoms with E-state index in [1.807, 2.05) is 0 Å². The van der Waals surface area contributed by atoms with Crippen molar-refractivity contribution in [1.29, 1.82) is 0 Å². The Morgan fingerprint density at radius 2 is 1.90 bits per heavy atom. The van der Waals surface area contributed by atoms with Gasteiger partial charge in [0, 0.05) is 30.9 Å². The molecule has 1 aromatic carbocycles. The van der Waals surface area contributed by atoms with Crippen LogP contribution in [-0.4, -0.2) is 34.1 Å². The lowest BCUT2D eigenvalue weighted by molar-refractivity contribution is 0.0595. The van der Waals surface area contributed by atoms with Gasteiger partial charge in [0.15, 0.2) is 0 Å². The van der Waals surface area contributed by atoms with E-state index >= 15 is 0 Å². The van der Waals surface area contributed by atoms with Crippen LogP contribution in [0.5, 0.6) is 0 Å². The second-order valence-electron chi connectivity index (χ2n) is 8.83. The van der Waals surface area contributed by atoms with E-state index in [0.717, 1.165) is 58.3 Å². The van der Waals surface area contributed by atoms with E-state index in [1.54, 1.807) is 10.9 Å². The first-order valence-corrected chi connectivity index (χ1v) is 11.7. The number of hydrogen-bond donors (Lipinski definition) is 1. The molecule has 3 heterocycles. The van der Waals surface area contributed by atoms with Crippen LogP contribution < -0.4 is 10.9 Å². The molecule has 1 aliphatic carbocycles. The number of hydrogen-bond acceptors (Lipinski definition) is 4. The fraction of sp³-hybridized carbons (Fsp3) is 0.500. The van der Waals surface area contributed by atoms with Crippen LogP contribution in [0.25, 0.3) is 10.9 Å². The van der Waals surface area contributed by atoms with Crippen LogP contribution in [0, 0.1) is 5.92 Å². The molecule has 6 nitrogen and oxygen atoms in total. The Morgan fingerprint density at radius 3 is 2.71 bits per heavy atom. The number of aromatic nitrogens is 3. The van der Waals surface area contributed by atoms with Crippen LogP contribution in [-0.2, 0) is 4.74 Å². The van der Waals surface area contributed by atoms with Crippen molar-refractivity contribution in [3.63, 3.8) is 0 Å². The first-order chi connectivity index (χ1) is 15.2. The zero-order valence-electron chi connectivity index (χ0n) is 17.7. The molecule has 3 aromatic rings. The molecule has 1 aliphatic heterocycles. The lowest BCUT2D eigenvalue weighted by Crippen LogP contribution is -2.32. The monoisotopic (exact) mass is 440 g/mol. The Labute approximate surface area is 187 Å². The molecule has 0 amide bonds. The summed E-state index contributed by atoms with van der Waals surface area (Å²) in [4.78, 5) is 12.9. The fourth-order valence-corrected chi connectivity index (χ4v) is 5.26. The standard InChI is InChI=1S/C24H29ClN4O2/c25-23-21(26-14-17-4-3-13-31-16-17)15-27-29(24(23)30)20-9-7-19(8-10-20)28-12-11-18-5-1-2-6-22(18)28/h1-2,5-6,11-12,15,17,19-20,26H,3-4,7-10,13-14,16H2/t17-,19-,20-/m1/s1. The molecule has 164 valence electrons. The third-order valence-corrected chi connectivity index (χ3v) is 7.18. The Hall–Kier alpha value is -2.31. The Morgan fingerprint density at radius 1 is 1.10 bits per heavy atom. The van der Waals surface area contributed by atoms with Crippen molar-refractivity contribution in [2.24, 2.45) is 5.92 Å². The number of halogens is 1. The van der Waals surface area contributed by atoms with Crippen LogP contribution >= 0.6 is 11.6 Å². The van der Waals surface area contributed by atoms with Crippen molar-refractivity contribution in [3.05, 3.63) is 58.1 Å². The van der Waals surface area contributed by atoms with Crippen molar-refractivity contribution in [3.8, 4) is 0 Å². The van der Waals surface area contributed by atoms with Crippen LogP contribution in [0.2, 0.25) is 5.02 Å². The van der Waals surface area contributed by atoms with E-state index in [4.69, 9.17) is 16.3 Å². The van der Waals surface area contributed by atoms with Crippen LogP contribution in [0.1, 0.15) is 50.6 Å². The highest BCUT2D eigenvalue weighted by Crippen LogP contribution is 2.36. The lowest BCUT2D eigenvalue weighted by atomic mass is 9.91. The van der Waals surface area contributed by atoms with Gasteiger partial charge >= 0.3 is 0 Å². The van der Waals surface area contributed by atoms with Gasteiger partial charge in [0.2, 0.25) is 0 Å². The van der Waals surface area contributed by atoms with E-state index in [-0.39, 0.29) is 16.6 Å². The van der Waals surface area contributed by atoms with E-state index in [0.29, 0.717) is 17.6 Å². The van der Waals surface area contributed by atoms with Gasteiger partial charge in [0.05, 0.1) is 24.5 Å². The van der Waals surface area contributed by atoms with Crippen molar-refractivity contribution in [1.82, 2.24) is 14.3 Å². The maximum atomic E-state index is 12.9. The summed E-state index contributed by atoms with van der Waals surface area (Å²) in [6.45, 7) is 2.35. The van der Waals surface area contributed by atoms with Crippen LogP contribution in [0.4, 0.5) is 5.69 Å². The topological polar surface area (TPSA) is 61.1 Å². The smallest absolute Gasteiger partial charge is 0.287 e. The van der Waals surface area contributed by atoms with Gasteiger partial charge in [-0.25, -0.2) is 4.68 Å². The fourth-order valence-electron chi connectivity index (χ4n) is 5.05. The number of anilines is 1. The quantitative estimate of drug-likeness (QED) is 0.603. The van der Waals surface area contributed by atoms with E-state index in [1.165, 1.54) is 10.9 Å². The van der Waals surface area contributed by atoms with Crippen molar-refractivity contribution < 1.29 is 4.74 Å². The van der Waals surface area contributed by atoms with Crippen LogP contribution in [0.3, 0.4) is 0 Å². The molecule has 1 saturated heterocycles. The van der Waals surface area contributed by atoms with Gasteiger partial charge in [-0.2, -0.15) is 5.10 Å². The molecule has 1 atom stereocenters. The lowest BCUT2D eigenvalue weighted by Gasteiger charge is -2.30. The zero-order chi connectivity index (χ0) is 21.2. The van der Waals surface area contributed by atoms with E-state index in [2.05, 4.69) is 51.5 Å². The van der Waals surface area contributed by atoms with Crippen molar-refractivity contribution in [2.75, 3.05) is 25.1 Å². The molecule has 0 unspecified atom stereocenters. The van der Waals surface area contributed by atoms with Gasteiger partial charge in [0.1, 0.15) is 5.02 Å². The molecule has 5 rings (SSSR count). The maximum absolute atomic E-state index is 12.9. The largest absolute Gasteiger partial charge is 0.382 e. The third kappa shape index (κ3) is 4.23. The molecule has 2 aliphatic rings. The van der Waals surface area contributed by atoms with Gasteiger partial charge in [0.25, 0.3) is 5.56 Å². The minimum Gasteiger partial charge on any atom is -0.382 e. The van der Waals surface area contributed by atoms with Crippen molar-refractivity contribution in [2.45, 2.75) is 50.6 Å². The number of rotatable bonds is 5. The molecule has 1 N–H and O–H groups in total. The highest BCUT2D eigenvalue weighted by molar-refractivity contribution is 6.32. The summed E-state index contributed by atoms with van der Waals surface area (Å²) >= 11 is 6.44. The molecule has 7 heteroatoms. The van der Waals surface area contributed by atoms with E-state index in [9.17, 15) is 4.79 Å². The highest BCUT2D eigenvalue weighted by Gasteiger charge is 2.26. The molecular weight excluding hydrogens is 412 g/mol. The minimum atomic E-state index is -0.193. The predicted octanol–water partition coefficient (Wildman–Crippen LogP) is 5.05.